The summed E-state index contributed by atoms with van der Waals surface area (Å²) in [5.41, 5.74) is 0.606. The van der Waals surface area contributed by atoms with Crippen molar-refractivity contribution in [3.63, 3.8) is 0 Å². The smallest absolute Gasteiger partial charge is 0.337 e. The van der Waals surface area contributed by atoms with Gasteiger partial charge in [-0.2, -0.15) is 0 Å². The van der Waals surface area contributed by atoms with Crippen LogP contribution >= 0.6 is 27.5 Å². The second-order valence-corrected chi connectivity index (χ2v) is 5.25. The van der Waals surface area contributed by atoms with Crippen molar-refractivity contribution in [2.24, 2.45) is 5.92 Å². The van der Waals surface area contributed by atoms with E-state index in [9.17, 15) is 9.59 Å². The second kappa shape index (κ2) is 5.28. The van der Waals surface area contributed by atoms with E-state index in [1.54, 1.807) is 11.0 Å². The van der Waals surface area contributed by atoms with Crippen LogP contribution in [0.25, 0.3) is 0 Å². The second-order valence-electron chi connectivity index (χ2n) is 4.20. The molecule has 6 heteroatoms. The van der Waals surface area contributed by atoms with Gasteiger partial charge in [0, 0.05) is 24.0 Å². The van der Waals surface area contributed by atoms with Crippen LogP contribution in [0.15, 0.2) is 18.2 Å². The van der Waals surface area contributed by atoms with E-state index in [0.29, 0.717) is 18.7 Å². The molecule has 0 spiro atoms. The topological polar surface area (TPSA) is 57.6 Å². The Bertz CT molecular complexity index is 506. The number of hydrogen-bond donors (Lipinski definition) is 1. The fourth-order valence-electron chi connectivity index (χ4n) is 1.98. The van der Waals surface area contributed by atoms with Crippen molar-refractivity contribution >= 4 is 45.1 Å². The van der Waals surface area contributed by atoms with Crippen LogP contribution in [0.5, 0.6) is 0 Å². The predicted molar refractivity (Wildman–Crippen MR) is 72.7 cm³/mol. The molecule has 0 bridgehead atoms. The van der Waals surface area contributed by atoms with Crippen LogP contribution in [0, 0.1) is 5.92 Å². The van der Waals surface area contributed by atoms with E-state index < -0.39 is 5.97 Å². The average molecular weight is 333 g/mol. The van der Waals surface area contributed by atoms with E-state index in [2.05, 4.69) is 15.9 Å². The third-order valence-corrected chi connectivity index (χ3v) is 4.16. The van der Waals surface area contributed by atoms with Crippen molar-refractivity contribution in [2.45, 2.75) is 6.42 Å². The fourth-order valence-corrected chi connectivity index (χ4v) is 2.61. The van der Waals surface area contributed by atoms with Crippen molar-refractivity contribution in [2.75, 3.05) is 16.8 Å². The molecular weight excluding hydrogens is 321 g/mol. The first-order chi connectivity index (χ1) is 8.52. The summed E-state index contributed by atoms with van der Waals surface area (Å²) >= 11 is 9.16. The third kappa shape index (κ3) is 2.52. The molecule has 2 rings (SSSR count). The van der Waals surface area contributed by atoms with E-state index >= 15 is 0 Å². The molecular formula is C12H11BrClNO3. The highest BCUT2D eigenvalue weighted by Gasteiger charge is 2.30. The van der Waals surface area contributed by atoms with Crippen LogP contribution in [0.4, 0.5) is 5.69 Å². The van der Waals surface area contributed by atoms with Crippen molar-refractivity contribution < 1.29 is 14.7 Å². The Morgan fingerprint density at radius 3 is 2.83 bits per heavy atom. The first-order valence-corrected chi connectivity index (χ1v) is 6.92. The molecule has 1 aliphatic heterocycles. The summed E-state index contributed by atoms with van der Waals surface area (Å²) in [6, 6.07) is 4.62. The molecule has 1 unspecified atom stereocenters. The van der Waals surface area contributed by atoms with E-state index in [4.69, 9.17) is 16.7 Å². The number of aromatic carboxylic acids is 1. The summed E-state index contributed by atoms with van der Waals surface area (Å²) in [5, 5.41) is 9.94. The molecule has 1 fully saturated rings. The summed E-state index contributed by atoms with van der Waals surface area (Å²) < 4.78 is 0. The van der Waals surface area contributed by atoms with Gasteiger partial charge in [-0.25, -0.2) is 4.79 Å². The SMILES string of the molecule is O=C(O)c1cc(N2CC(CBr)CC2=O)ccc1Cl. The monoisotopic (exact) mass is 331 g/mol. The summed E-state index contributed by atoms with van der Waals surface area (Å²) in [7, 11) is 0. The Morgan fingerprint density at radius 2 is 2.28 bits per heavy atom. The molecule has 96 valence electrons. The number of benzene rings is 1. The molecule has 1 amide bonds. The minimum atomic E-state index is -1.09. The van der Waals surface area contributed by atoms with Crippen molar-refractivity contribution in [3.05, 3.63) is 28.8 Å². The zero-order valence-corrected chi connectivity index (χ0v) is 11.7. The zero-order valence-electron chi connectivity index (χ0n) is 9.40. The molecule has 1 aliphatic rings. The molecule has 1 heterocycles. The average Bonchev–Trinajstić information content (AvgIpc) is 2.71. The zero-order chi connectivity index (χ0) is 13.3. The Kier molecular flexibility index (Phi) is 3.92. The highest BCUT2D eigenvalue weighted by Crippen LogP contribution is 2.29. The van der Waals surface area contributed by atoms with Gasteiger partial charge in [0.2, 0.25) is 5.91 Å². The minimum Gasteiger partial charge on any atom is -0.478 e. The summed E-state index contributed by atoms with van der Waals surface area (Å²) in [6.07, 6.45) is 0.482. The molecule has 0 aliphatic carbocycles. The summed E-state index contributed by atoms with van der Waals surface area (Å²) in [4.78, 5) is 24.4. The Hall–Kier alpha value is -1.07. The molecule has 18 heavy (non-hydrogen) atoms. The van der Waals surface area contributed by atoms with Gasteiger partial charge in [0.15, 0.2) is 0 Å². The normalized spacial score (nSPS) is 19.3. The number of carbonyl (C=O) groups is 2. The summed E-state index contributed by atoms with van der Waals surface area (Å²) in [6.45, 7) is 0.602. The quantitative estimate of drug-likeness (QED) is 0.866. The number of carboxylic acids is 1. The number of alkyl halides is 1. The lowest BCUT2D eigenvalue weighted by Gasteiger charge is -2.17. The van der Waals surface area contributed by atoms with Gasteiger partial charge in [0.1, 0.15) is 0 Å². The lowest BCUT2D eigenvalue weighted by atomic mass is 10.1. The lowest BCUT2D eigenvalue weighted by Crippen LogP contribution is -2.24. The first-order valence-electron chi connectivity index (χ1n) is 5.42. The predicted octanol–water partition coefficient (Wildman–Crippen LogP) is 2.79. The largest absolute Gasteiger partial charge is 0.478 e. The van der Waals surface area contributed by atoms with Gasteiger partial charge in [-0.15, -0.1) is 0 Å². The van der Waals surface area contributed by atoms with Crippen LogP contribution < -0.4 is 4.90 Å². The molecule has 1 atom stereocenters. The van der Waals surface area contributed by atoms with Crippen molar-refractivity contribution in [1.82, 2.24) is 0 Å². The number of nitrogens with zero attached hydrogens (tertiary/aromatic N) is 1. The highest BCUT2D eigenvalue weighted by atomic mass is 79.9. The Labute approximate surface area is 118 Å². The third-order valence-electron chi connectivity index (χ3n) is 2.92. The van der Waals surface area contributed by atoms with E-state index in [1.165, 1.54) is 12.1 Å². The van der Waals surface area contributed by atoms with E-state index in [0.717, 1.165) is 5.33 Å². The fraction of sp³-hybridized carbons (Fsp3) is 0.333. The van der Waals surface area contributed by atoms with Gasteiger partial charge >= 0.3 is 5.97 Å². The molecule has 1 saturated heterocycles. The van der Waals surface area contributed by atoms with Crippen LogP contribution in [0.3, 0.4) is 0 Å². The molecule has 1 aromatic rings. The van der Waals surface area contributed by atoms with Gasteiger partial charge < -0.3 is 10.0 Å². The van der Waals surface area contributed by atoms with Gasteiger partial charge in [-0.3, -0.25) is 4.79 Å². The van der Waals surface area contributed by atoms with Crippen molar-refractivity contribution in [3.8, 4) is 0 Å². The van der Waals surface area contributed by atoms with Crippen LogP contribution in [0.2, 0.25) is 5.02 Å². The van der Waals surface area contributed by atoms with Crippen LogP contribution in [-0.2, 0) is 4.79 Å². The lowest BCUT2D eigenvalue weighted by molar-refractivity contribution is -0.117. The molecule has 0 radical (unpaired) electrons. The van der Waals surface area contributed by atoms with Crippen LogP contribution in [0.1, 0.15) is 16.8 Å². The maximum absolute atomic E-state index is 11.8. The number of rotatable bonds is 3. The number of anilines is 1. The van der Waals surface area contributed by atoms with E-state index in [-0.39, 0.29) is 22.4 Å². The maximum Gasteiger partial charge on any atom is 0.337 e. The number of halogens is 2. The van der Waals surface area contributed by atoms with Gasteiger partial charge in [-0.1, -0.05) is 27.5 Å². The Morgan fingerprint density at radius 1 is 1.56 bits per heavy atom. The van der Waals surface area contributed by atoms with Gasteiger partial charge in [0.05, 0.1) is 10.6 Å². The molecule has 1 aromatic carbocycles. The number of amides is 1. The Balaban J connectivity index is 2.32. The van der Waals surface area contributed by atoms with Gasteiger partial charge in [-0.05, 0) is 24.1 Å². The standard InChI is InChI=1S/C12H11BrClNO3/c13-5-7-3-11(16)15(6-7)8-1-2-10(14)9(4-8)12(17)18/h1-2,4,7H,3,5-6H2,(H,17,18). The van der Waals surface area contributed by atoms with Crippen molar-refractivity contribution in [1.29, 1.82) is 0 Å². The highest BCUT2D eigenvalue weighted by molar-refractivity contribution is 9.09. The first kappa shape index (κ1) is 13.4. The molecule has 4 nitrogen and oxygen atoms in total. The number of hydrogen-bond acceptors (Lipinski definition) is 2. The number of carboxylic acid groups (broad SMARTS) is 1. The molecule has 0 saturated carbocycles. The molecule has 1 N–H and O–H groups in total. The van der Waals surface area contributed by atoms with Crippen LogP contribution in [-0.4, -0.2) is 28.9 Å². The van der Waals surface area contributed by atoms with E-state index in [1.807, 2.05) is 0 Å². The maximum atomic E-state index is 11.8. The number of carbonyl (C=O) groups excluding carboxylic acids is 1. The molecule has 0 aromatic heterocycles. The minimum absolute atomic E-state index is 0.0121. The van der Waals surface area contributed by atoms with Gasteiger partial charge in [0.25, 0.3) is 0 Å². The summed E-state index contributed by atoms with van der Waals surface area (Å²) in [5.74, 6) is -0.815.